The fourth-order valence-corrected chi connectivity index (χ4v) is 1.71. The number of benzene rings is 1. The van der Waals surface area contributed by atoms with Crippen LogP contribution in [0.15, 0.2) is 18.2 Å². The summed E-state index contributed by atoms with van der Waals surface area (Å²) in [5, 5.41) is 3.65. The minimum absolute atomic E-state index is 0.234. The van der Waals surface area contributed by atoms with Gasteiger partial charge in [0.15, 0.2) is 0 Å². The molecule has 1 atom stereocenters. The van der Waals surface area contributed by atoms with E-state index < -0.39 is 6.04 Å². The molecular formula is C12H16Cl2N2O. The number of rotatable bonds is 5. The molecule has 0 fully saturated rings. The third-order valence-electron chi connectivity index (χ3n) is 2.39. The molecule has 0 radical (unpaired) electrons. The Bertz CT molecular complexity index is 396. The Morgan fingerprint density at radius 1 is 1.47 bits per heavy atom. The summed E-state index contributed by atoms with van der Waals surface area (Å²) in [6, 6.07) is 4.40. The van der Waals surface area contributed by atoms with E-state index in [9.17, 15) is 4.79 Å². The van der Waals surface area contributed by atoms with Gasteiger partial charge in [-0.05, 0) is 24.6 Å². The van der Waals surface area contributed by atoms with Crippen LogP contribution < -0.4 is 11.1 Å². The predicted octanol–water partition coefficient (Wildman–Crippen LogP) is 3.45. The van der Waals surface area contributed by atoms with Crippen molar-refractivity contribution < 1.29 is 4.79 Å². The molecule has 0 saturated heterocycles. The Morgan fingerprint density at radius 2 is 2.18 bits per heavy atom. The summed E-state index contributed by atoms with van der Waals surface area (Å²) in [5.74, 6) is -0.234. The molecule has 0 spiro atoms. The molecule has 1 amide bonds. The molecule has 1 aromatic carbocycles. The van der Waals surface area contributed by atoms with Crippen LogP contribution >= 0.6 is 23.2 Å². The van der Waals surface area contributed by atoms with Gasteiger partial charge >= 0.3 is 0 Å². The van der Waals surface area contributed by atoms with E-state index >= 15 is 0 Å². The second-order valence-electron chi connectivity index (χ2n) is 3.86. The molecule has 3 nitrogen and oxygen atoms in total. The van der Waals surface area contributed by atoms with Gasteiger partial charge in [-0.3, -0.25) is 4.79 Å². The van der Waals surface area contributed by atoms with Gasteiger partial charge in [0.1, 0.15) is 0 Å². The van der Waals surface area contributed by atoms with Crippen LogP contribution in [0.4, 0.5) is 5.69 Å². The molecule has 0 aliphatic heterocycles. The Kier molecular flexibility index (Phi) is 5.75. The number of amides is 1. The molecule has 1 rings (SSSR count). The molecule has 3 N–H and O–H groups in total. The molecular weight excluding hydrogens is 259 g/mol. The van der Waals surface area contributed by atoms with Crippen molar-refractivity contribution in [2.24, 2.45) is 5.73 Å². The SMILES string of the molecule is CCCCC(N)C(=O)Nc1cc(Cl)ccc1Cl. The number of carbonyl (C=O) groups is 1. The first-order valence-electron chi connectivity index (χ1n) is 5.56. The normalized spacial score (nSPS) is 12.2. The largest absolute Gasteiger partial charge is 0.323 e. The molecule has 0 aliphatic carbocycles. The highest BCUT2D eigenvalue weighted by Gasteiger charge is 2.14. The highest BCUT2D eigenvalue weighted by Crippen LogP contribution is 2.25. The van der Waals surface area contributed by atoms with Crippen molar-refractivity contribution in [3.8, 4) is 0 Å². The van der Waals surface area contributed by atoms with Crippen molar-refractivity contribution in [2.45, 2.75) is 32.2 Å². The number of unbranched alkanes of at least 4 members (excludes halogenated alkanes) is 1. The zero-order valence-corrected chi connectivity index (χ0v) is 11.2. The average molecular weight is 275 g/mol. The zero-order chi connectivity index (χ0) is 12.8. The second kappa shape index (κ2) is 6.84. The molecule has 1 aromatic rings. The van der Waals surface area contributed by atoms with Crippen molar-refractivity contribution >= 4 is 34.8 Å². The van der Waals surface area contributed by atoms with Crippen LogP contribution in [0.2, 0.25) is 10.0 Å². The third kappa shape index (κ3) is 4.54. The first-order chi connectivity index (χ1) is 8.04. The summed E-state index contributed by atoms with van der Waals surface area (Å²) >= 11 is 11.8. The standard InChI is InChI=1S/C12H16Cl2N2O/c1-2-3-4-10(15)12(17)16-11-7-8(13)5-6-9(11)14/h5-7,10H,2-4,15H2,1H3,(H,16,17). The number of carbonyl (C=O) groups excluding carboxylic acids is 1. The van der Waals surface area contributed by atoms with E-state index in [1.807, 2.05) is 0 Å². The van der Waals surface area contributed by atoms with E-state index in [4.69, 9.17) is 28.9 Å². The smallest absolute Gasteiger partial charge is 0.241 e. The molecule has 0 saturated carbocycles. The van der Waals surface area contributed by atoms with Gasteiger partial charge in [0.2, 0.25) is 5.91 Å². The predicted molar refractivity (Wildman–Crippen MR) is 72.6 cm³/mol. The van der Waals surface area contributed by atoms with Crippen LogP contribution in [-0.2, 0) is 4.79 Å². The van der Waals surface area contributed by atoms with Crippen LogP contribution in [0.25, 0.3) is 0 Å². The second-order valence-corrected chi connectivity index (χ2v) is 4.71. The van der Waals surface area contributed by atoms with Crippen LogP contribution in [0, 0.1) is 0 Å². The Labute approximate surface area is 111 Å². The number of hydrogen-bond acceptors (Lipinski definition) is 2. The van der Waals surface area contributed by atoms with Gasteiger partial charge in [-0.25, -0.2) is 0 Å². The van der Waals surface area contributed by atoms with Gasteiger partial charge in [-0.2, -0.15) is 0 Å². The number of hydrogen-bond donors (Lipinski definition) is 2. The maximum atomic E-state index is 11.7. The summed E-state index contributed by atoms with van der Waals surface area (Å²) in [6.07, 6.45) is 2.61. The highest BCUT2D eigenvalue weighted by molar-refractivity contribution is 6.35. The van der Waals surface area contributed by atoms with Crippen molar-refractivity contribution in [1.82, 2.24) is 0 Å². The van der Waals surface area contributed by atoms with E-state index in [1.54, 1.807) is 18.2 Å². The first kappa shape index (κ1) is 14.3. The maximum Gasteiger partial charge on any atom is 0.241 e. The maximum absolute atomic E-state index is 11.7. The summed E-state index contributed by atoms with van der Waals surface area (Å²) in [5.41, 5.74) is 6.25. The van der Waals surface area contributed by atoms with Gasteiger partial charge in [0.25, 0.3) is 0 Å². The minimum atomic E-state index is -0.509. The Morgan fingerprint density at radius 3 is 2.82 bits per heavy atom. The van der Waals surface area contributed by atoms with Crippen molar-refractivity contribution in [3.05, 3.63) is 28.2 Å². The molecule has 0 aliphatic rings. The fraction of sp³-hybridized carbons (Fsp3) is 0.417. The number of nitrogens with one attached hydrogen (secondary N) is 1. The Balaban J connectivity index is 2.64. The molecule has 0 bridgehead atoms. The average Bonchev–Trinajstić information content (AvgIpc) is 2.30. The number of nitrogens with two attached hydrogens (primary N) is 1. The quantitative estimate of drug-likeness (QED) is 0.864. The summed E-state index contributed by atoms with van der Waals surface area (Å²) in [4.78, 5) is 11.7. The molecule has 1 unspecified atom stereocenters. The monoisotopic (exact) mass is 274 g/mol. The number of halogens is 2. The Hall–Kier alpha value is -0.770. The van der Waals surface area contributed by atoms with E-state index in [-0.39, 0.29) is 5.91 Å². The molecule has 5 heteroatoms. The van der Waals surface area contributed by atoms with Gasteiger partial charge in [0, 0.05) is 5.02 Å². The number of anilines is 1. The molecule has 0 aromatic heterocycles. The first-order valence-corrected chi connectivity index (χ1v) is 6.31. The summed E-state index contributed by atoms with van der Waals surface area (Å²) in [7, 11) is 0. The lowest BCUT2D eigenvalue weighted by Crippen LogP contribution is -2.35. The molecule has 94 valence electrons. The lowest BCUT2D eigenvalue weighted by atomic mass is 10.1. The summed E-state index contributed by atoms with van der Waals surface area (Å²) < 4.78 is 0. The van der Waals surface area contributed by atoms with E-state index in [0.29, 0.717) is 22.2 Å². The van der Waals surface area contributed by atoms with Gasteiger partial charge in [0.05, 0.1) is 16.8 Å². The lowest BCUT2D eigenvalue weighted by molar-refractivity contribution is -0.117. The van der Waals surface area contributed by atoms with E-state index in [2.05, 4.69) is 12.2 Å². The highest BCUT2D eigenvalue weighted by atomic mass is 35.5. The van der Waals surface area contributed by atoms with Crippen molar-refractivity contribution in [2.75, 3.05) is 5.32 Å². The topological polar surface area (TPSA) is 55.1 Å². The zero-order valence-electron chi connectivity index (χ0n) is 9.67. The van der Waals surface area contributed by atoms with Gasteiger partial charge < -0.3 is 11.1 Å². The molecule has 0 heterocycles. The third-order valence-corrected chi connectivity index (χ3v) is 2.96. The molecule has 17 heavy (non-hydrogen) atoms. The fourth-order valence-electron chi connectivity index (χ4n) is 1.37. The van der Waals surface area contributed by atoms with E-state index in [0.717, 1.165) is 12.8 Å². The lowest BCUT2D eigenvalue weighted by Gasteiger charge is -2.12. The van der Waals surface area contributed by atoms with E-state index in [1.165, 1.54) is 0 Å². The van der Waals surface area contributed by atoms with Crippen LogP contribution in [0.5, 0.6) is 0 Å². The van der Waals surface area contributed by atoms with Gasteiger partial charge in [-0.1, -0.05) is 43.0 Å². The van der Waals surface area contributed by atoms with Crippen LogP contribution in [0.3, 0.4) is 0 Å². The summed E-state index contributed by atoms with van der Waals surface area (Å²) in [6.45, 7) is 2.05. The van der Waals surface area contributed by atoms with Crippen molar-refractivity contribution in [3.63, 3.8) is 0 Å². The van der Waals surface area contributed by atoms with Crippen LogP contribution in [-0.4, -0.2) is 11.9 Å². The minimum Gasteiger partial charge on any atom is -0.323 e. The van der Waals surface area contributed by atoms with Crippen LogP contribution in [0.1, 0.15) is 26.2 Å². The van der Waals surface area contributed by atoms with Gasteiger partial charge in [-0.15, -0.1) is 0 Å². The van der Waals surface area contributed by atoms with Crippen molar-refractivity contribution in [1.29, 1.82) is 0 Å².